The van der Waals surface area contributed by atoms with Crippen molar-refractivity contribution >= 4 is 19.4 Å². The van der Waals surface area contributed by atoms with Crippen LogP contribution in [0.1, 0.15) is 121 Å². The number of hydrogen-bond acceptors (Lipinski definition) is 1. The van der Waals surface area contributed by atoms with Gasteiger partial charge in [-0.15, -0.1) is 0 Å². The van der Waals surface area contributed by atoms with Crippen molar-refractivity contribution in [3.8, 4) is 5.75 Å². The number of phenolic OH excluding ortho intramolecular Hbond substituents is 1. The van der Waals surface area contributed by atoms with Crippen LogP contribution in [0.3, 0.4) is 0 Å². The van der Waals surface area contributed by atoms with Crippen LogP contribution in [0.5, 0.6) is 5.75 Å². The van der Waals surface area contributed by atoms with Gasteiger partial charge in [-0.3, -0.25) is 0 Å². The molecule has 0 saturated heterocycles. The standard InChI is InChI=1S/C29H50OSe/c1-20(2)12-9-13-21(3)14-10-15-22(4)16-11-18-29(8)19-17-26-25(7)27(30)23(5)24(6)28(26)31-29/h20-22,30H,9-19H2,1-8H3/t21-,22-,29-/m1/s1. The van der Waals surface area contributed by atoms with E-state index in [0.717, 1.165) is 35.3 Å². The summed E-state index contributed by atoms with van der Waals surface area (Å²) in [6.45, 7) is 18.6. The molecule has 0 aromatic heterocycles. The van der Waals surface area contributed by atoms with Crippen molar-refractivity contribution in [3.05, 3.63) is 22.3 Å². The molecule has 0 radical (unpaired) electrons. The molecule has 0 aliphatic carbocycles. The van der Waals surface area contributed by atoms with Gasteiger partial charge in [-0.2, -0.15) is 0 Å². The summed E-state index contributed by atoms with van der Waals surface area (Å²) in [5.74, 6) is 3.18. The van der Waals surface area contributed by atoms with Gasteiger partial charge in [0.1, 0.15) is 0 Å². The Kier molecular flexibility index (Phi) is 10.5. The van der Waals surface area contributed by atoms with Gasteiger partial charge < -0.3 is 0 Å². The third kappa shape index (κ3) is 7.82. The number of aromatic hydroxyl groups is 1. The zero-order valence-corrected chi connectivity index (χ0v) is 23.6. The second kappa shape index (κ2) is 12.1. The molecule has 1 aliphatic heterocycles. The molecule has 0 spiro atoms. The van der Waals surface area contributed by atoms with Crippen LogP contribution in [-0.4, -0.2) is 20.1 Å². The maximum atomic E-state index is 10.5. The monoisotopic (exact) mass is 494 g/mol. The summed E-state index contributed by atoms with van der Waals surface area (Å²) < 4.78 is 2.10. The van der Waals surface area contributed by atoms with Crippen LogP contribution in [0.2, 0.25) is 4.31 Å². The summed E-state index contributed by atoms with van der Waals surface area (Å²) in [5.41, 5.74) is 5.08. The molecule has 1 heterocycles. The Morgan fingerprint density at radius 1 is 0.806 bits per heavy atom. The molecule has 2 heteroatoms. The molecule has 0 saturated carbocycles. The van der Waals surface area contributed by atoms with E-state index < -0.39 is 0 Å². The Morgan fingerprint density at radius 2 is 1.35 bits per heavy atom. The van der Waals surface area contributed by atoms with Gasteiger partial charge in [0.05, 0.1) is 0 Å². The summed E-state index contributed by atoms with van der Waals surface area (Å²) >= 11 is 0.516. The van der Waals surface area contributed by atoms with Crippen molar-refractivity contribution in [1.29, 1.82) is 0 Å². The predicted octanol–water partition coefficient (Wildman–Crippen LogP) is 8.21. The van der Waals surface area contributed by atoms with E-state index in [-0.39, 0.29) is 0 Å². The molecule has 0 amide bonds. The predicted molar refractivity (Wildman–Crippen MR) is 139 cm³/mol. The van der Waals surface area contributed by atoms with Gasteiger partial charge in [0.15, 0.2) is 0 Å². The molecule has 0 unspecified atom stereocenters. The second-order valence-corrected chi connectivity index (χ2v) is 14.8. The van der Waals surface area contributed by atoms with Crippen molar-refractivity contribution in [2.75, 3.05) is 0 Å². The number of phenols is 1. The number of rotatable bonds is 12. The van der Waals surface area contributed by atoms with Gasteiger partial charge >= 0.3 is 181 Å². The molecule has 1 nitrogen and oxygen atoms in total. The summed E-state index contributed by atoms with van der Waals surface area (Å²) in [6.07, 6.45) is 15.1. The summed E-state index contributed by atoms with van der Waals surface area (Å²) in [6, 6.07) is 0. The first kappa shape index (κ1) is 26.8. The average molecular weight is 494 g/mol. The Morgan fingerprint density at radius 3 is 1.94 bits per heavy atom. The maximum absolute atomic E-state index is 10.5. The number of benzene rings is 1. The molecule has 0 fully saturated rings. The first-order valence-electron chi connectivity index (χ1n) is 13.0. The molecular weight excluding hydrogens is 443 g/mol. The van der Waals surface area contributed by atoms with E-state index >= 15 is 0 Å². The van der Waals surface area contributed by atoms with Gasteiger partial charge in [0.25, 0.3) is 0 Å². The molecule has 1 aromatic rings. The minimum absolute atomic E-state index is 0.491. The third-order valence-corrected chi connectivity index (χ3v) is 11.3. The Hall–Kier alpha value is -0.461. The van der Waals surface area contributed by atoms with Crippen molar-refractivity contribution in [2.24, 2.45) is 17.8 Å². The van der Waals surface area contributed by atoms with Gasteiger partial charge in [0, 0.05) is 0 Å². The van der Waals surface area contributed by atoms with Crippen LogP contribution >= 0.6 is 0 Å². The van der Waals surface area contributed by atoms with E-state index in [4.69, 9.17) is 0 Å². The van der Waals surface area contributed by atoms with Crippen LogP contribution in [0.25, 0.3) is 0 Å². The average Bonchev–Trinajstić information content (AvgIpc) is 2.70. The van der Waals surface area contributed by atoms with Crippen molar-refractivity contribution in [1.82, 2.24) is 0 Å². The molecule has 31 heavy (non-hydrogen) atoms. The van der Waals surface area contributed by atoms with E-state index in [0.29, 0.717) is 25.0 Å². The van der Waals surface area contributed by atoms with Crippen LogP contribution in [0.15, 0.2) is 0 Å². The van der Waals surface area contributed by atoms with Gasteiger partial charge in [-0.1, -0.05) is 13.8 Å². The van der Waals surface area contributed by atoms with Crippen molar-refractivity contribution in [3.63, 3.8) is 0 Å². The zero-order chi connectivity index (χ0) is 23.2. The Bertz CT molecular complexity index is 707. The van der Waals surface area contributed by atoms with Crippen LogP contribution in [-0.2, 0) is 6.42 Å². The van der Waals surface area contributed by atoms with Crippen LogP contribution < -0.4 is 4.46 Å². The molecule has 2 rings (SSSR count). The van der Waals surface area contributed by atoms with E-state index in [1.165, 1.54) is 75.3 Å². The number of hydrogen-bond donors (Lipinski definition) is 1. The molecule has 0 bridgehead atoms. The van der Waals surface area contributed by atoms with E-state index in [1.54, 1.807) is 4.46 Å². The minimum atomic E-state index is 0.491. The van der Waals surface area contributed by atoms with Gasteiger partial charge in [-0.25, -0.2) is 0 Å². The summed E-state index contributed by atoms with van der Waals surface area (Å²) in [5, 5.41) is 10.5. The fourth-order valence-corrected chi connectivity index (χ4v) is 8.69. The van der Waals surface area contributed by atoms with Crippen molar-refractivity contribution in [2.45, 2.75) is 130 Å². The van der Waals surface area contributed by atoms with Crippen LogP contribution in [0, 0.1) is 38.5 Å². The fraction of sp³-hybridized carbons (Fsp3) is 0.793. The summed E-state index contributed by atoms with van der Waals surface area (Å²) in [4.78, 5) is 0. The molecular formula is C29H50OSe. The molecule has 178 valence electrons. The first-order valence-corrected chi connectivity index (χ1v) is 14.8. The van der Waals surface area contributed by atoms with E-state index in [2.05, 4.69) is 55.4 Å². The van der Waals surface area contributed by atoms with Gasteiger partial charge in [0.2, 0.25) is 0 Å². The normalized spacial score (nSPS) is 20.7. The summed E-state index contributed by atoms with van der Waals surface area (Å²) in [7, 11) is 0. The van der Waals surface area contributed by atoms with E-state index in [9.17, 15) is 5.11 Å². The molecule has 1 N–H and O–H groups in total. The quantitative estimate of drug-likeness (QED) is 0.291. The third-order valence-electron chi connectivity index (χ3n) is 7.87. The fourth-order valence-electron chi connectivity index (χ4n) is 5.27. The second-order valence-electron chi connectivity index (χ2n) is 11.4. The topological polar surface area (TPSA) is 20.2 Å². The molecule has 3 atom stereocenters. The first-order chi connectivity index (χ1) is 14.5. The SMILES string of the molecule is Cc1c(C)c2c(c(C)c1O)CC[C@@](C)(CCC[C@H](C)CCC[C@H](C)CCCC(C)C)[Se]2. The van der Waals surface area contributed by atoms with Crippen LogP contribution in [0.4, 0.5) is 0 Å². The van der Waals surface area contributed by atoms with Crippen molar-refractivity contribution < 1.29 is 5.11 Å². The number of fused-ring (bicyclic) bond motifs is 1. The molecule has 1 aromatic carbocycles. The molecule has 1 aliphatic rings. The Labute approximate surface area is 200 Å². The van der Waals surface area contributed by atoms with E-state index in [1.807, 2.05) is 0 Å². The Balaban J connectivity index is 1.74. The zero-order valence-electron chi connectivity index (χ0n) is 21.9. The van der Waals surface area contributed by atoms with Gasteiger partial charge in [-0.05, 0) is 5.92 Å².